The SMILES string of the molecule is CC(C)(C)c1ccc(CSc2nc3ccccc3c3nc(-c4cccc([N+](=O)[O-])c4)nn23)cc1. The van der Waals surface area contributed by atoms with Crippen molar-refractivity contribution in [2.24, 2.45) is 0 Å². The molecule has 0 atom stereocenters. The smallest absolute Gasteiger partial charge is 0.258 e. The molecule has 0 saturated heterocycles. The van der Waals surface area contributed by atoms with Gasteiger partial charge < -0.3 is 0 Å². The molecule has 5 rings (SSSR count). The van der Waals surface area contributed by atoms with Crippen LogP contribution in [0.15, 0.2) is 78.0 Å². The molecule has 8 heteroatoms. The Labute approximate surface area is 201 Å². The minimum Gasteiger partial charge on any atom is -0.258 e. The summed E-state index contributed by atoms with van der Waals surface area (Å²) in [5.41, 5.74) is 4.71. The number of non-ortho nitro benzene ring substituents is 1. The van der Waals surface area contributed by atoms with Crippen LogP contribution in [0.5, 0.6) is 0 Å². The lowest BCUT2D eigenvalue weighted by Gasteiger charge is -2.19. The standard InChI is InChI=1S/C26H23N5O2S/c1-26(2,3)19-13-11-17(12-14-19)16-34-25-27-22-10-5-4-9-21(22)24-28-23(29-30(24)25)18-7-6-8-20(15-18)31(32)33/h4-15H,16H2,1-3H3. The number of fused-ring (bicyclic) bond motifs is 3. The van der Waals surface area contributed by atoms with Crippen molar-refractivity contribution in [3.05, 3.63) is 94.0 Å². The molecule has 5 aromatic rings. The van der Waals surface area contributed by atoms with E-state index < -0.39 is 4.92 Å². The molecule has 170 valence electrons. The fraction of sp³-hybridized carbons (Fsp3) is 0.192. The molecule has 0 amide bonds. The van der Waals surface area contributed by atoms with E-state index in [1.165, 1.54) is 23.3 Å². The van der Waals surface area contributed by atoms with Gasteiger partial charge in [-0.1, -0.05) is 81.1 Å². The molecule has 0 bridgehead atoms. The van der Waals surface area contributed by atoms with Crippen LogP contribution in [0.1, 0.15) is 31.9 Å². The second kappa shape index (κ2) is 8.53. The number of hydrogen-bond acceptors (Lipinski definition) is 6. The van der Waals surface area contributed by atoms with Crippen LogP contribution in [0.25, 0.3) is 27.9 Å². The minimum absolute atomic E-state index is 0.00708. The molecule has 0 unspecified atom stereocenters. The second-order valence-corrected chi connectivity index (χ2v) is 10.1. The molecule has 2 heterocycles. The van der Waals surface area contributed by atoms with E-state index in [9.17, 15) is 10.1 Å². The largest absolute Gasteiger partial charge is 0.270 e. The first kappa shape index (κ1) is 22.0. The summed E-state index contributed by atoms with van der Waals surface area (Å²) >= 11 is 1.59. The lowest BCUT2D eigenvalue weighted by Crippen LogP contribution is -2.10. The lowest BCUT2D eigenvalue weighted by molar-refractivity contribution is -0.384. The average Bonchev–Trinajstić information content (AvgIpc) is 3.28. The second-order valence-electron chi connectivity index (χ2n) is 9.13. The van der Waals surface area contributed by atoms with Gasteiger partial charge in [0.2, 0.25) is 0 Å². The number of para-hydroxylation sites is 1. The van der Waals surface area contributed by atoms with E-state index in [1.807, 2.05) is 24.3 Å². The summed E-state index contributed by atoms with van der Waals surface area (Å²) in [5, 5.41) is 17.5. The van der Waals surface area contributed by atoms with Crippen molar-refractivity contribution in [3.63, 3.8) is 0 Å². The number of thioether (sulfide) groups is 1. The van der Waals surface area contributed by atoms with E-state index in [4.69, 9.17) is 15.1 Å². The van der Waals surface area contributed by atoms with Gasteiger partial charge in [0.25, 0.3) is 5.69 Å². The van der Waals surface area contributed by atoms with Gasteiger partial charge in [0.05, 0.1) is 10.4 Å². The molecule has 0 radical (unpaired) electrons. The maximum absolute atomic E-state index is 11.2. The van der Waals surface area contributed by atoms with Crippen molar-refractivity contribution < 1.29 is 4.92 Å². The number of nitro benzene ring substituents is 1. The molecule has 0 saturated carbocycles. The van der Waals surface area contributed by atoms with E-state index >= 15 is 0 Å². The molecule has 0 aliphatic carbocycles. The maximum Gasteiger partial charge on any atom is 0.270 e. The highest BCUT2D eigenvalue weighted by molar-refractivity contribution is 7.98. The average molecular weight is 470 g/mol. The Morgan fingerprint density at radius 3 is 2.47 bits per heavy atom. The summed E-state index contributed by atoms with van der Waals surface area (Å²) in [4.78, 5) is 20.4. The molecule has 2 aromatic heterocycles. The van der Waals surface area contributed by atoms with Crippen molar-refractivity contribution in [2.45, 2.75) is 37.1 Å². The molecule has 0 aliphatic heterocycles. The third-order valence-corrected chi connectivity index (χ3v) is 6.65. The van der Waals surface area contributed by atoms with E-state index in [2.05, 4.69) is 45.0 Å². The highest BCUT2D eigenvalue weighted by Gasteiger charge is 2.17. The van der Waals surface area contributed by atoms with E-state index in [-0.39, 0.29) is 11.1 Å². The number of aromatic nitrogens is 4. The van der Waals surface area contributed by atoms with Crippen LogP contribution in [0.2, 0.25) is 0 Å². The molecular formula is C26H23N5O2S. The van der Waals surface area contributed by atoms with E-state index in [1.54, 1.807) is 28.4 Å². The third-order valence-electron chi connectivity index (χ3n) is 5.65. The predicted molar refractivity (Wildman–Crippen MR) is 135 cm³/mol. The fourth-order valence-corrected chi connectivity index (χ4v) is 4.65. The van der Waals surface area contributed by atoms with E-state index in [0.717, 1.165) is 21.8 Å². The lowest BCUT2D eigenvalue weighted by atomic mass is 9.87. The van der Waals surface area contributed by atoms with Gasteiger partial charge in [0.15, 0.2) is 16.6 Å². The molecule has 3 aromatic carbocycles. The van der Waals surface area contributed by atoms with Gasteiger partial charge in [-0.15, -0.1) is 5.10 Å². The first-order chi connectivity index (χ1) is 16.3. The number of nitrogens with zero attached hydrogens (tertiary/aromatic N) is 5. The summed E-state index contributed by atoms with van der Waals surface area (Å²) < 4.78 is 1.74. The topological polar surface area (TPSA) is 86.2 Å². The summed E-state index contributed by atoms with van der Waals surface area (Å²) in [7, 11) is 0. The van der Waals surface area contributed by atoms with Gasteiger partial charge in [0.1, 0.15) is 0 Å². The van der Waals surface area contributed by atoms with Gasteiger partial charge in [-0.3, -0.25) is 10.1 Å². The third kappa shape index (κ3) is 4.24. The zero-order valence-electron chi connectivity index (χ0n) is 19.1. The summed E-state index contributed by atoms with van der Waals surface area (Å²) in [6, 6.07) is 22.8. The van der Waals surface area contributed by atoms with Crippen LogP contribution >= 0.6 is 11.8 Å². The minimum atomic E-state index is -0.414. The fourth-order valence-electron chi connectivity index (χ4n) is 3.75. The van der Waals surface area contributed by atoms with Gasteiger partial charge in [-0.2, -0.15) is 4.52 Å². The Kier molecular flexibility index (Phi) is 5.53. The zero-order chi connectivity index (χ0) is 23.9. The molecule has 0 N–H and O–H groups in total. The van der Waals surface area contributed by atoms with Crippen LogP contribution in [0, 0.1) is 10.1 Å². The molecular weight excluding hydrogens is 446 g/mol. The first-order valence-electron chi connectivity index (χ1n) is 10.9. The number of hydrogen-bond donors (Lipinski definition) is 0. The highest BCUT2D eigenvalue weighted by Crippen LogP contribution is 2.30. The highest BCUT2D eigenvalue weighted by atomic mass is 32.2. The van der Waals surface area contributed by atoms with Gasteiger partial charge in [0, 0.05) is 28.8 Å². The summed E-state index contributed by atoms with van der Waals surface area (Å²) in [6.45, 7) is 6.61. The molecule has 0 aliphatic rings. The Balaban J connectivity index is 1.54. The van der Waals surface area contributed by atoms with Crippen LogP contribution in [0.4, 0.5) is 5.69 Å². The van der Waals surface area contributed by atoms with Gasteiger partial charge in [-0.25, -0.2) is 9.97 Å². The monoisotopic (exact) mass is 469 g/mol. The Hall–Kier alpha value is -3.78. The van der Waals surface area contributed by atoms with Gasteiger partial charge >= 0.3 is 0 Å². The first-order valence-corrected chi connectivity index (χ1v) is 11.9. The Morgan fingerprint density at radius 1 is 0.971 bits per heavy atom. The summed E-state index contributed by atoms with van der Waals surface area (Å²) in [5.74, 6) is 1.16. The number of rotatable bonds is 5. The molecule has 0 fully saturated rings. The molecule has 7 nitrogen and oxygen atoms in total. The Morgan fingerprint density at radius 2 is 1.74 bits per heavy atom. The van der Waals surface area contributed by atoms with Crippen LogP contribution in [-0.2, 0) is 11.2 Å². The summed E-state index contributed by atoms with van der Waals surface area (Å²) in [6.07, 6.45) is 0. The normalized spacial score (nSPS) is 11.9. The zero-order valence-corrected chi connectivity index (χ0v) is 19.9. The molecule has 0 spiro atoms. The number of benzene rings is 3. The number of nitro groups is 1. The Bertz CT molecular complexity index is 1520. The van der Waals surface area contributed by atoms with E-state index in [0.29, 0.717) is 17.0 Å². The maximum atomic E-state index is 11.2. The van der Waals surface area contributed by atoms with Crippen LogP contribution in [0.3, 0.4) is 0 Å². The van der Waals surface area contributed by atoms with Crippen molar-refractivity contribution in [3.8, 4) is 11.4 Å². The van der Waals surface area contributed by atoms with Gasteiger partial charge in [-0.05, 0) is 28.7 Å². The van der Waals surface area contributed by atoms with Crippen molar-refractivity contribution in [2.75, 3.05) is 0 Å². The van der Waals surface area contributed by atoms with Crippen LogP contribution < -0.4 is 0 Å². The predicted octanol–water partition coefficient (Wildman–Crippen LogP) is 6.44. The quantitative estimate of drug-likeness (QED) is 0.127. The molecule has 34 heavy (non-hydrogen) atoms. The van der Waals surface area contributed by atoms with Crippen molar-refractivity contribution >= 4 is 34.0 Å². The van der Waals surface area contributed by atoms with Crippen LogP contribution in [-0.4, -0.2) is 24.5 Å². The van der Waals surface area contributed by atoms with Crippen molar-refractivity contribution in [1.82, 2.24) is 19.6 Å². The van der Waals surface area contributed by atoms with Crippen molar-refractivity contribution in [1.29, 1.82) is 0 Å².